The fourth-order valence-electron chi connectivity index (χ4n) is 1.86. The van der Waals surface area contributed by atoms with E-state index in [9.17, 15) is 4.57 Å². The van der Waals surface area contributed by atoms with Crippen molar-refractivity contribution in [3.8, 4) is 17.0 Å². The predicted octanol–water partition coefficient (Wildman–Crippen LogP) is 1.98. The molecule has 5 nitrogen and oxygen atoms in total. The topological polar surface area (TPSA) is 78.1 Å². The SMILES string of the molecule is COc1ncncc1-c1ccc(N)c(P(C)(C)=O)c1. The molecule has 6 heteroatoms. The van der Waals surface area contributed by atoms with Gasteiger partial charge >= 0.3 is 0 Å². The highest BCUT2D eigenvalue weighted by atomic mass is 31.2. The van der Waals surface area contributed by atoms with Gasteiger partial charge in [0, 0.05) is 17.2 Å². The standard InChI is InChI=1S/C13H16N3O2P/c1-18-13-10(7-15-8-16-13)9-4-5-11(14)12(6-9)19(2,3)17/h4-8H,14H2,1-3H3. The zero-order valence-electron chi connectivity index (χ0n) is 11.1. The third kappa shape index (κ3) is 2.76. The van der Waals surface area contributed by atoms with Gasteiger partial charge in [0.05, 0.1) is 12.7 Å². The Balaban J connectivity index is 2.61. The van der Waals surface area contributed by atoms with E-state index < -0.39 is 7.14 Å². The summed E-state index contributed by atoms with van der Waals surface area (Å²) in [6.07, 6.45) is 3.09. The van der Waals surface area contributed by atoms with Gasteiger partial charge in [0.1, 0.15) is 13.5 Å². The van der Waals surface area contributed by atoms with Gasteiger partial charge in [-0.15, -0.1) is 0 Å². The number of anilines is 1. The van der Waals surface area contributed by atoms with Crippen LogP contribution in [0.3, 0.4) is 0 Å². The Bertz CT molecular complexity index is 652. The number of rotatable bonds is 3. The fourth-order valence-corrected chi connectivity index (χ4v) is 3.00. The van der Waals surface area contributed by atoms with Crippen LogP contribution >= 0.6 is 7.14 Å². The number of hydrogen-bond donors (Lipinski definition) is 1. The molecule has 0 spiro atoms. The molecule has 1 aromatic heterocycles. The Kier molecular flexibility index (Phi) is 3.58. The van der Waals surface area contributed by atoms with Crippen molar-refractivity contribution in [2.45, 2.75) is 0 Å². The molecular formula is C13H16N3O2P. The summed E-state index contributed by atoms with van der Waals surface area (Å²) in [5.74, 6) is 0.479. The summed E-state index contributed by atoms with van der Waals surface area (Å²) in [5.41, 5.74) is 8.01. The zero-order chi connectivity index (χ0) is 14.0. The minimum atomic E-state index is -2.43. The Morgan fingerprint density at radius 2 is 2.05 bits per heavy atom. The first-order valence-electron chi connectivity index (χ1n) is 5.73. The van der Waals surface area contributed by atoms with E-state index in [4.69, 9.17) is 10.5 Å². The molecule has 19 heavy (non-hydrogen) atoms. The first-order valence-corrected chi connectivity index (χ1v) is 8.33. The summed E-state index contributed by atoms with van der Waals surface area (Å²) >= 11 is 0. The number of nitrogen functional groups attached to an aromatic ring is 1. The molecule has 2 rings (SSSR count). The average molecular weight is 277 g/mol. The number of benzene rings is 1. The third-order valence-electron chi connectivity index (χ3n) is 2.79. The van der Waals surface area contributed by atoms with E-state index in [0.29, 0.717) is 16.9 Å². The van der Waals surface area contributed by atoms with Crippen LogP contribution in [0, 0.1) is 0 Å². The molecule has 2 N–H and O–H groups in total. The molecule has 0 atom stereocenters. The molecule has 2 aromatic rings. The van der Waals surface area contributed by atoms with Crippen molar-refractivity contribution in [3.63, 3.8) is 0 Å². The minimum absolute atomic E-state index is 0.479. The van der Waals surface area contributed by atoms with E-state index in [-0.39, 0.29) is 0 Å². The molecule has 0 fully saturated rings. The molecule has 0 bridgehead atoms. The third-order valence-corrected chi connectivity index (χ3v) is 4.34. The van der Waals surface area contributed by atoms with Crippen molar-refractivity contribution in [1.29, 1.82) is 0 Å². The lowest BCUT2D eigenvalue weighted by molar-refractivity contribution is 0.398. The number of hydrogen-bond acceptors (Lipinski definition) is 5. The zero-order valence-corrected chi connectivity index (χ0v) is 12.0. The maximum Gasteiger partial charge on any atom is 0.224 e. The summed E-state index contributed by atoms with van der Waals surface area (Å²) < 4.78 is 17.4. The predicted molar refractivity (Wildman–Crippen MR) is 77.5 cm³/mol. The van der Waals surface area contributed by atoms with Gasteiger partial charge in [-0.25, -0.2) is 9.97 Å². The van der Waals surface area contributed by atoms with E-state index in [2.05, 4.69) is 9.97 Å². The molecule has 0 saturated carbocycles. The van der Waals surface area contributed by atoms with Crippen LogP contribution in [0.4, 0.5) is 5.69 Å². The summed E-state index contributed by atoms with van der Waals surface area (Å²) in [6.45, 7) is 3.39. The van der Waals surface area contributed by atoms with E-state index >= 15 is 0 Å². The average Bonchev–Trinajstić information content (AvgIpc) is 2.38. The largest absolute Gasteiger partial charge is 0.480 e. The Hall–Kier alpha value is -1.87. The van der Waals surface area contributed by atoms with Crippen molar-refractivity contribution in [2.24, 2.45) is 0 Å². The molecule has 1 aromatic carbocycles. The van der Waals surface area contributed by atoms with Crippen molar-refractivity contribution in [3.05, 3.63) is 30.7 Å². The van der Waals surface area contributed by atoms with Gasteiger partial charge in [-0.2, -0.15) is 0 Å². The van der Waals surface area contributed by atoms with Crippen LogP contribution in [-0.2, 0) is 4.57 Å². The smallest absolute Gasteiger partial charge is 0.224 e. The fraction of sp³-hybridized carbons (Fsp3) is 0.231. The van der Waals surface area contributed by atoms with Crippen LogP contribution in [0.5, 0.6) is 5.88 Å². The second kappa shape index (κ2) is 5.02. The normalized spacial score (nSPS) is 11.3. The summed E-state index contributed by atoms with van der Waals surface area (Å²) in [6, 6.07) is 5.41. The Morgan fingerprint density at radius 3 is 2.68 bits per heavy atom. The molecule has 0 amide bonds. The van der Waals surface area contributed by atoms with Crippen LogP contribution < -0.4 is 15.8 Å². The molecule has 100 valence electrons. The summed E-state index contributed by atoms with van der Waals surface area (Å²) in [5, 5.41) is 0.663. The van der Waals surface area contributed by atoms with Crippen LogP contribution in [0.25, 0.3) is 11.1 Å². The van der Waals surface area contributed by atoms with Crippen molar-refractivity contribution in [2.75, 3.05) is 26.2 Å². The lowest BCUT2D eigenvalue weighted by atomic mass is 10.1. The molecule has 0 aliphatic rings. The van der Waals surface area contributed by atoms with E-state index in [1.807, 2.05) is 12.1 Å². The lowest BCUT2D eigenvalue weighted by Gasteiger charge is -2.13. The van der Waals surface area contributed by atoms with Gasteiger partial charge in [0.2, 0.25) is 5.88 Å². The van der Waals surface area contributed by atoms with Gasteiger partial charge in [-0.3, -0.25) is 0 Å². The number of nitrogens with zero attached hydrogens (tertiary/aromatic N) is 2. The van der Waals surface area contributed by atoms with Crippen LogP contribution in [0.2, 0.25) is 0 Å². The maximum absolute atomic E-state index is 12.2. The number of methoxy groups -OCH3 is 1. The van der Waals surface area contributed by atoms with Crippen LogP contribution in [0.15, 0.2) is 30.7 Å². The molecular weight excluding hydrogens is 261 g/mol. The van der Waals surface area contributed by atoms with E-state index in [1.54, 1.807) is 32.7 Å². The summed E-state index contributed by atoms with van der Waals surface area (Å²) in [4.78, 5) is 8.05. The van der Waals surface area contributed by atoms with Crippen molar-refractivity contribution in [1.82, 2.24) is 9.97 Å². The second-order valence-electron chi connectivity index (χ2n) is 4.57. The highest BCUT2D eigenvalue weighted by Crippen LogP contribution is 2.39. The molecule has 0 saturated heterocycles. The van der Waals surface area contributed by atoms with Crippen molar-refractivity contribution < 1.29 is 9.30 Å². The Morgan fingerprint density at radius 1 is 1.32 bits per heavy atom. The highest BCUT2D eigenvalue weighted by molar-refractivity contribution is 7.70. The molecule has 1 heterocycles. The van der Waals surface area contributed by atoms with Gasteiger partial charge < -0.3 is 15.0 Å². The minimum Gasteiger partial charge on any atom is -0.480 e. The quantitative estimate of drug-likeness (QED) is 0.685. The lowest BCUT2D eigenvalue weighted by Crippen LogP contribution is -2.10. The number of ether oxygens (including phenoxy) is 1. The van der Waals surface area contributed by atoms with Crippen molar-refractivity contribution >= 4 is 18.1 Å². The van der Waals surface area contributed by atoms with Gasteiger partial charge in [0.25, 0.3) is 0 Å². The van der Waals surface area contributed by atoms with E-state index in [1.165, 1.54) is 6.33 Å². The second-order valence-corrected chi connectivity index (χ2v) is 7.75. The van der Waals surface area contributed by atoms with Gasteiger partial charge in [-0.05, 0) is 31.0 Å². The van der Waals surface area contributed by atoms with Gasteiger partial charge in [-0.1, -0.05) is 6.07 Å². The van der Waals surface area contributed by atoms with E-state index in [0.717, 1.165) is 11.1 Å². The molecule has 0 aliphatic heterocycles. The monoisotopic (exact) mass is 277 g/mol. The van der Waals surface area contributed by atoms with Gasteiger partial charge in [0.15, 0.2) is 0 Å². The first kappa shape index (κ1) is 13.6. The molecule has 0 aliphatic carbocycles. The highest BCUT2D eigenvalue weighted by Gasteiger charge is 2.17. The van der Waals surface area contributed by atoms with Crippen LogP contribution in [-0.4, -0.2) is 30.4 Å². The summed E-state index contributed by atoms with van der Waals surface area (Å²) in [7, 11) is -0.883. The Labute approximate surface area is 112 Å². The number of aromatic nitrogens is 2. The molecule has 0 unspecified atom stereocenters. The number of nitrogens with two attached hydrogens (primary N) is 1. The van der Waals surface area contributed by atoms with Crippen LogP contribution in [0.1, 0.15) is 0 Å². The maximum atomic E-state index is 12.2. The molecule has 0 radical (unpaired) electrons. The first-order chi connectivity index (χ1) is 8.93.